The third-order valence-corrected chi connectivity index (χ3v) is 14.0. The third kappa shape index (κ3) is 12.4. The lowest BCUT2D eigenvalue weighted by molar-refractivity contribution is -0.307. The van der Waals surface area contributed by atoms with E-state index in [0.717, 1.165) is 6.42 Å². The second-order valence-corrected chi connectivity index (χ2v) is 17.6. The molecule has 0 spiro atoms. The van der Waals surface area contributed by atoms with Gasteiger partial charge in [-0.1, -0.05) is 92.6 Å². The first-order chi connectivity index (χ1) is 27.1. The Hall–Kier alpha value is -2.77. The summed E-state index contributed by atoms with van der Waals surface area (Å²) in [6.45, 7) is 22.8. The molecule has 3 saturated heterocycles. The van der Waals surface area contributed by atoms with Crippen LogP contribution in [0.25, 0.3) is 0 Å². The molecule has 0 bridgehead atoms. The van der Waals surface area contributed by atoms with E-state index in [1.807, 2.05) is 39.0 Å². The first kappa shape index (κ1) is 46.9. The Morgan fingerprint density at radius 3 is 2.02 bits per heavy atom. The highest BCUT2D eigenvalue weighted by Gasteiger charge is 2.44. The zero-order valence-corrected chi connectivity index (χ0v) is 36.6. The van der Waals surface area contributed by atoms with Gasteiger partial charge in [-0.2, -0.15) is 0 Å². The molecule has 1 aromatic carbocycles. The summed E-state index contributed by atoms with van der Waals surface area (Å²) >= 11 is 0. The minimum absolute atomic E-state index is 0.0243. The maximum atomic E-state index is 13.3. The molecule has 0 saturated carbocycles. The van der Waals surface area contributed by atoms with E-state index in [2.05, 4.69) is 71.2 Å². The fourth-order valence-electron chi connectivity index (χ4n) is 8.37. The second kappa shape index (κ2) is 22.0. The molecular weight excluding hydrogens is 728 g/mol. The topological polar surface area (TPSA) is 140 Å². The van der Waals surface area contributed by atoms with Crippen molar-refractivity contribution in [3.8, 4) is 0 Å². The summed E-state index contributed by atoms with van der Waals surface area (Å²) in [4.78, 5) is 39.0. The SMILES string of the molecule is CCC(CC(CCC(C)(CC)C(=O)OCCNC(=O)NC1OCC(OC2OCC(OC3OCC(C)C(C)C3C)C(C)C2C)C(C)C1C)C(=O)OC)c1ccccc1. The fourth-order valence-corrected chi connectivity index (χ4v) is 8.37. The van der Waals surface area contributed by atoms with Crippen LogP contribution in [0.2, 0.25) is 0 Å². The Kier molecular flexibility index (Phi) is 18.1. The standard InChI is InChI=1S/C45H74N2O10/c1-12-34(35-17-15-14-16-18-35)23-36(40(48)51-11)19-20-45(10,13-2)43(49)52-22-21-46-44(50)47-39-31(7)29(5)37(25-53-39)56-42-33(9)30(6)38(26-55-42)57-41-32(8)28(4)27(3)24-54-41/h14-18,27-34,36-39,41-42H,12-13,19-26H2,1-11H3,(H2,46,47,50). The molecule has 1 aromatic rings. The number of hydrogen-bond acceptors (Lipinski definition) is 10. The van der Waals surface area contributed by atoms with Crippen molar-refractivity contribution >= 4 is 18.0 Å². The van der Waals surface area contributed by atoms with Gasteiger partial charge in [0.25, 0.3) is 0 Å². The molecule has 2 amide bonds. The molecule has 3 aliphatic heterocycles. The molecule has 15 unspecified atom stereocenters. The van der Waals surface area contributed by atoms with Gasteiger partial charge in [0.1, 0.15) is 12.8 Å². The molecule has 3 aliphatic rings. The molecule has 12 heteroatoms. The summed E-state index contributed by atoms with van der Waals surface area (Å²) in [6.07, 6.45) is 1.68. The lowest BCUT2D eigenvalue weighted by atomic mass is 9.78. The van der Waals surface area contributed by atoms with E-state index in [0.29, 0.717) is 63.3 Å². The second-order valence-electron chi connectivity index (χ2n) is 17.6. The summed E-state index contributed by atoms with van der Waals surface area (Å²) in [5, 5.41) is 5.73. The highest BCUT2D eigenvalue weighted by Crippen LogP contribution is 2.38. The number of urea groups is 1. The molecule has 0 aromatic heterocycles. The molecule has 0 radical (unpaired) electrons. The van der Waals surface area contributed by atoms with Gasteiger partial charge in [0.05, 0.1) is 57.0 Å². The van der Waals surface area contributed by atoms with E-state index < -0.39 is 17.7 Å². The largest absolute Gasteiger partial charge is 0.469 e. The molecule has 2 N–H and O–H groups in total. The van der Waals surface area contributed by atoms with Crippen LogP contribution in [-0.4, -0.2) is 89.1 Å². The Bertz CT molecular complexity index is 1400. The van der Waals surface area contributed by atoms with Gasteiger partial charge >= 0.3 is 18.0 Å². The average Bonchev–Trinajstić information content (AvgIpc) is 3.21. The number of hydrogen-bond donors (Lipinski definition) is 2. The number of nitrogens with one attached hydrogen (secondary N) is 2. The summed E-state index contributed by atoms with van der Waals surface area (Å²) < 4.78 is 42.3. The number of methoxy groups -OCH3 is 1. The van der Waals surface area contributed by atoms with Crippen molar-refractivity contribution in [1.82, 2.24) is 10.6 Å². The van der Waals surface area contributed by atoms with E-state index in [1.165, 1.54) is 12.7 Å². The zero-order valence-electron chi connectivity index (χ0n) is 36.6. The Morgan fingerprint density at radius 2 is 1.40 bits per heavy atom. The molecule has 12 nitrogen and oxygen atoms in total. The smallest absolute Gasteiger partial charge is 0.316 e. The highest BCUT2D eigenvalue weighted by atomic mass is 16.7. The monoisotopic (exact) mass is 803 g/mol. The maximum Gasteiger partial charge on any atom is 0.316 e. The Labute approximate surface area is 342 Å². The normalized spacial score (nSPS) is 33.9. The summed E-state index contributed by atoms with van der Waals surface area (Å²) in [5.41, 5.74) is 0.414. The lowest BCUT2D eigenvalue weighted by Crippen LogP contribution is -2.56. The van der Waals surface area contributed by atoms with E-state index in [9.17, 15) is 14.4 Å². The van der Waals surface area contributed by atoms with Crippen LogP contribution < -0.4 is 10.6 Å². The van der Waals surface area contributed by atoms with Crippen LogP contribution in [0.15, 0.2) is 30.3 Å². The molecule has 3 fully saturated rings. The van der Waals surface area contributed by atoms with Crippen LogP contribution in [-0.2, 0) is 42.7 Å². The van der Waals surface area contributed by atoms with Crippen LogP contribution in [0.3, 0.4) is 0 Å². The summed E-state index contributed by atoms with van der Waals surface area (Å²) in [5.74, 6) is 0.986. The summed E-state index contributed by atoms with van der Waals surface area (Å²) in [7, 11) is 1.41. The van der Waals surface area contributed by atoms with Crippen LogP contribution in [0.5, 0.6) is 0 Å². The molecule has 3 heterocycles. The predicted molar refractivity (Wildman–Crippen MR) is 218 cm³/mol. The molecular formula is C45H74N2O10. The predicted octanol–water partition coefficient (Wildman–Crippen LogP) is 7.69. The molecule has 57 heavy (non-hydrogen) atoms. The van der Waals surface area contributed by atoms with Crippen LogP contribution >= 0.6 is 0 Å². The summed E-state index contributed by atoms with van der Waals surface area (Å²) in [6, 6.07) is 9.79. The zero-order chi connectivity index (χ0) is 41.9. The van der Waals surface area contributed by atoms with Gasteiger partial charge in [-0.25, -0.2) is 4.79 Å². The first-order valence-electron chi connectivity index (χ1n) is 21.6. The number of rotatable bonds is 18. The lowest BCUT2D eigenvalue weighted by Gasteiger charge is -2.46. The van der Waals surface area contributed by atoms with Crippen molar-refractivity contribution in [3.05, 3.63) is 35.9 Å². The fraction of sp³-hybridized carbons (Fsp3) is 0.800. The number of esters is 2. The van der Waals surface area contributed by atoms with E-state index in [-0.39, 0.29) is 85.4 Å². The molecule has 324 valence electrons. The van der Waals surface area contributed by atoms with Gasteiger partial charge in [-0.3, -0.25) is 9.59 Å². The average molecular weight is 803 g/mol. The van der Waals surface area contributed by atoms with Crippen LogP contribution in [0.4, 0.5) is 4.79 Å². The van der Waals surface area contributed by atoms with Crippen LogP contribution in [0.1, 0.15) is 113 Å². The molecule has 15 atom stereocenters. The van der Waals surface area contributed by atoms with Crippen molar-refractivity contribution in [2.45, 2.75) is 138 Å². The number of amides is 2. The van der Waals surface area contributed by atoms with E-state index >= 15 is 0 Å². The minimum atomic E-state index is -0.780. The number of carbonyl (C=O) groups is 3. The third-order valence-electron chi connectivity index (χ3n) is 14.0. The Balaban J connectivity index is 1.17. The number of carbonyl (C=O) groups excluding carboxylic acids is 3. The number of ether oxygens (including phenoxy) is 7. The quantitative estimate of drug-likeness (QED) is 0.112. The van der Waals surface area contributed by atoms with E-state index in [1.54, 1.807) is 0 Å². The van der Waals surface area contributed by atoms with Gasteiger partial charge in [0, 0.05) is 17.8 Å². The van der Waals surface area contributed by atoms with Crippen molar-refractivity contribution in [2.24, 2.45) is 52.8 Å². The minimum Gasteiger partial charge on any atom is -0.469 e. The van der Waals surface area contributed by atoms with Gasteiger partial charge in [-0.15, -0.1) is 0 Å². The van der Waals surface area contributed by atoms with Crippen molar-refractivity contribution in [1.29, 1.82) is 0 Å². The van der Waals surface area contributed by atoms with Crippen molar-refractivity contribution in [3.63, 3.8) is 0 Å². The van der Waals surface area contributed by atoms with Crippen LogP contribution in [0, 0.1) is 52.8 Å². The van der Waals surface area contributed by atoms with Crippen molar-refractivity contribution in [2.75, 3.05) is 40.1 Å². The van der Waals surface area contributed by atoms with Gasteiger partial charge in [0.15, 0.2) is 12.6 Å². The van der Waals surface area contributed by atoms with Gasteiger partial charge in [-0.05, 0) is 74.2 Å². The molecule has 0 aliphatic carbocycles. The van der Waals surface area contributed by atoms with Crippen molar-refractivity contribution < 1.29 is 47.5 Å². The maximum absolute atomic E-state index is 13.3. The van der Waals surface area contributed by atoms with Gasteiger partial charge < -0.3 is 43.8 Å². The first-order valence-corrected chi connectivity index (χ1v) is 21.6. The number of benzene rings is 1. The van der Waals surface area contributed by atoms with Gasteiger partial charge in [0.2, 0.25) is 0 Å². The molecule has 4 rings (SSSR count). The highest BCUT2D eigenvalue weighted by molar-refractivity contribution is 5.77. The Morgan fingerprint density at radius 1 is 0.807 bits per heavy atom. The van der Waals surface area contributed by atoms with E-state index in [4.69, 9.17) is 33.2 Å².